The smallest absolute Gasteiger partial charge is 0.243 e. The second-order valence-corrected chi connectivity index (χ2v) is 9.61. The first-order valence-corrected chi connectivity index (χ1v) is 12.2. The molecule has 9 nitrogen and oxygen atoms in total. The van der Waals surface area contributed by atoms with Gasteiger partial charge in [0, 0.05) is 31.9 Å². The highest BCUT2D eigenvalue weighted by molar-refractivity contribution is 5.89. The van der Waals surface area contributed by atoms with Crippen LogP contribution in [0.5, 0.6) is 0 Å². The van der Waals surface area contributed by atoms with Crippen molar-refractivity contribution in [3.8, 4) is 11.1 Å². The molecule has 0 amide bonds. The zero-order chi connectivity index (χ0) is 24.5. The highest BCUT2D eigenvalue weighted by Gasteiger charge is 2.35. The number of alkyl halides is 1. The van der Waals surface area contributed by atoms with E-state index >= 15 is 0 Å². The number of hydrogen-bond donors (Lipinski definition) is 2. The van der Waals surface area contributed by atoms with Gasteiger partial charge in [-0.3, -0.25) is 4.90 Å². The molecule has 2 atom stereocenters. The molecule has 10 heteroatoms. The van der Waals surface area contributed by atoms with Gasteiger partial charge in [0.15, 0.2) is 5.82 Å². The number of ether oxygens (including phenoxy) is 1. The van der Waals surface area contributed by atoms with Crippen molar-refractivity contribution in [3.05, 3.63) is 36.0 Å². The molecule has 35 heavy (non-hydrogen) atoms. The van der Waals surface area contributed by atoms with Crippen LogP contribution < -0.4 is 10.6 Å². The Morgan fingerprint density at radius 2 is 2.06 bits per heavy atom. The number of fused-ring (bicyclic) bond motifs is 1. The number of aromatic nitrogens is 3. The molecule has 2 aliphatic heterocycles. The van der Waals surface area contributed by atoms with Gasteiger partial charge in [-0.2, -0.15) is 15.2 Å². The minimum absolute atomic E-state index is 0.153. The quantitative estimate of drug-likeness (QED) is 0.485. The van der Waals surface area contributed by atoms with Crippen molar-refractivity contribution < 1.29 is 9.13 Å². The number of anilines is 2. The largest absolute Gasteiger partial charge is 0.378 e. The van der Waals surface area contributed by atoms with Crippen molar-refractivity contribution in [2.24, 2.45) is 10.2 Å². The predicted octanol–water partition coefficient (Wildman–Crippen LogP) is 4.46. The second-order valence-electron chi connectivity index (χ2n) is 9.61. The summed E-state index contributed by atoms with van der Waals surface area (Å²) in [6.07, 6.45) is 1.62. The van der Waals surface area contributed by atoms with Gasteiger partial charge in [-0.1, -0.05) is 6.07 Å². The van der Waals surface area contributed by atoms with Gasteiger partial charge in [-0.15, -0.1) is 5.10 Å². The van der Waals surface area contributed by atoms with Crippen molar-refractivity contribution in [3.63, 3.8) is 0 Å². The fourth-order valence-electron chi connectivity index (χ4n) is 4.63. The van der Waals surface area contributed by atoms with Crippen LogP contribution in [0, 0.1) is 6.92 Å². The average Bonchev–Trinajstić information content (AvgIpc) is 3.22. The van der Waals surface area contributed by atoms with Gasteiger partial charge in [-0.25, -0.2) is 8.91 Å². The molecule has 2 aromatic heterocycles. The lowest BCUT2D eigenvalue weighted by Gasteiger charge is -2.42. The number of hydrogen-bond acceptors (Lipinski definition) is 8. The number of nitrogens with one attached hydrogen (secondary N) is 2. The summed E-state index contributed by atoms with van der Waals surface area (Å²) >= 11 is 0. The van der Waals surface area contributed by atoms with E-state index in [2.05, 4.69) is 41.9 Å². The summed E-state index contributed by atoms with van der Waals surface area (Å²) in [6.45, 7) is 8.70. The number of halogens is 1. The molecule has 2 saturated heterocycles. The summed E-state index contributed by atoms with van der Waals surface area (Å²) in [6, 6.07) is 8.34. The van der Waals surface area contributed by atoms with Crippen molar-refractivity contribution in [2.45, 2.75) is 51.5 Å². The summed E-state index contributed by atoms with van der Waals surface area (Å²) in [5, 5.41) is 19.7. The van der Waals surface area contributed by atoms with E-state index in [0.29, 0.717) is 44.0 Å². The maximum Gasteiger partial charge on any atom is 0.243 e. The first kappa shape index (κ1) is 23.6. The van der Waals surface area contributed by atoms with Crippen LogP contribution in [0.15, 0.2) is 40.7 Å². The summed E-state index contributed by atoms with van der Waals surface area (Å²) in [5.41, 5.74) is 4.83. The Kier molecular flexibility index (Phi) is 6.66. The zero-order valence-electron chi connectivity index (χ0n) is 20.7. The Morgan fingerprint density at radius 1 is 1.23 bits per heavy atom. The molecule has 2 aliphatic rings. The number of nitrogens with zero attached hydrogens (tertiary/aromatic N) is 6. The maximum atomic E-state index is 15.0. The summed E-state index contributed by atoms with van der Waals surface area (Å²) in [4.78, 5) is 6.87. The van der Waals surface area contributed by atoms with Crippen LogP contribution in [0.3, 0.4) is 0 Å². The lowest BCUT2D eigenvalue weighted by Crippen LogP contribution is -2.57. The normalized spacial score (nSPS) is 21.7. The third-order valence-electron chi connectivity index (χ3n) is 6.68. The van der Waals surface area contributed by atoms with Gasteiger partial charge in [0.05, 0.1) is 37.0 Å². The monoisotopic (exact) mass is 480 g/mol. The third-order valence-corrected chi connectivity index (χ3v) is 6.68. The van der Waals surface area contributed by atoms with E-state index in [9.17, 15) is 4.39 Å². The minimum Gasteiger partial charge on any atom is -0.378 e. The Bertz CT molecular complexity index is 1220. The first-order chi connectivity index (χ1) is 16.9. The van der Waals surface area contributed by atoms with Gasteiger partial charge in [0.25, 0.3) is 0 Å². The van der Waals surface area contributed by atoms with Gasteiger partial charge < -0.3 is 15.4 Å². The molecule has 186 valence electrons. The average molecular weight is 481 g/mol. The van der Waals surface area contributed by atoms with Gasteiger partial charge >= 0.3 is 0 Å². The molecule has 5 rings (SSSR count). The highest BCUT2D eigenvalue weighted by Crippen LogP contribution is 2.33. The van der Waals surface area contributed by atoms with Gasteiger partial charge in [-0.05, 0) is 56.5 Å². The SMILES string of the molecule is CNc1nc(NC2CCN(C3COC3)CC2F)nn2ccc(-c3ccc(N=NC(C)C)c(C)c3)c12. The summed E-state index contributed by atoms with van der Waals surface area (Å²) in [7, 11) is 1.83. The number of azo groups is 1. The standard InChI is InChI=1S/C25H33FN8O/c1-15(2)30-31-21-6-5-17(11-16(21)3)19-7-10-34-23(19)24(27-4)29-25(32-34)28-22-8-9-33(12-20(22)26)18-13-35-14-18/h5-7,10-11,15,18,20,22H,8-9,12-14H2,1-4H3,(H2,27,28,29,32). The van der Waals surface area contributed by atoms with Gasteiger partial charge in [0.1, 0.15) is 11.7 Å². The van der Waals surface area contributed by atoms with Crippen LogP contribution in [0.4, 0.5) is 21.8 Å². The van der Waals surface area contributed by atoms with Crippen molar-refractivity contribution in [1.82, 2.24) is 19.5 Å². The molecule has 3 aromatic rings. The van der Waals surface area contributed by atoms with Crippen LogP contribution in [-0.2, 0) is 4.74 Å². The third kappa shape index (κ3) is 4.85. The Labute approximate surface area is 204 Å². The topological polar surface area (TPSA) is 91.4 Å². The Morgan fingerprint density at radius 3 is 2.71 bits per heavy atom. The molecule has 4 heterocycles. The number of benzene rings is 1. The fourth-order valence-corrected chi connectivity index (χ4v) is 4.63. The molecular formula is C25H33FN8O. The van der Waals surface area contributed by atoms with Crippen molar-refractivity contribution in [1.29, 1.82) is 0 Å². The van der Waals surface area contributed by atoms with E-state index < -0.39 is 6.17 Å². The van der Waals surface area contributed by atoms with E-state index in [1.165, 1.54) is 0 Å². The molecule has 2 N–H and O–H groups in total. The second kappa shape index (κ2) is 9.87. The zero-order valence-corrected chi connectivity index (χ0v) is 20.7. The minimum atomic E-state index is -0.990. The van der Waals surface area contributed by atoms with Crippen LogP contribution in [0.25, 0.3) is 16.6 Å². The number of rotatable bonds is 7. The lowest BCUT2D eigenvalue weighted by atomic mass is 10.0. The number of likely N-dealkylation sites (tertiary alicyclic amines) is 1. The van der Waals surface area contributed by atoms with Crippen LogP contribution in [-0.4, -0.2) is 77.1 Å². The molecular weight excluding hydrogens is 447 g/mol. The molecule has 1 aromatic carbocycles. The molecule has 0 spiro atoms. The molecule has 0 radical (unpaired) electrons. The Hall–Kier alpha value is -3.11. The van der Waals surface area contributed by atoms with E-state index in [0.717, 1.165) is 34.4 Å². The molecule has 0 bridgehead atoms. The van der Waals surface area contributed by atoms with Gasteiger partial charge in [0.2, 0.25) is 5.95 Å². The lowest BCUT2D eigenvalue weighted by molar-refractivity contribution is -0.0794. The van der Waals surface area contributed by atoms with Crippen molar-refractivity contribution in [2.75, 3.05) is 44.0 Å². The van der Waals surface area contributed by atoms with E-state index in [4.69, 9.17) is 4.74 Å². The van der Waals surface area contributed by atoms with E-state index in [1.807, 2.05) is 52.2 Å². The van der Waals surface area contributed by atoms with Crippen molar-refractivity contribution >= 4 is 23.0 Å². The van der Waals surface area contributed by atoms with Crippen LogP contribution in [0.2, 0.25) is 0 Å². The number of piperidine rings is 1. The van der Waals surface area contributed by atoms with E-state index in [1.54, 1.807) is 4.52 Å². The van der Waals surface area contributed by atoms with Crippen LogP contribution >= 0.6 is 0 Å². The van der Waals surface area contributed by atoms with Crippen LogP contribution in [0.1, 0.15) is 25.8 Å². The fraction of sp³-hybridized carbons (Fsp3) is 0.520. The molecule has 0 aliphatic carbocycles. The Balaban J connectivity index is 1.38. The molecule has 0 saturated carbocycles. The van der Waals surface area contributed by atoms with E-state index in [-0.39, 0.29) is 12.1 Å². The molecule has 2 fully saturated rings. The summed E-state index contributed by atoms with van der Waals surface area (Å²) < 4.78 is 22.0. The predicted molar refractivity (Wildman–Crippen MR) is 135 cm³/mol. The first-order valence-electron chi connectivity index (χ1n) is 12.2. The highest BCUT2D eigenvalue weighted by atomic mass is 19.1. The summed E-state index contributed by atoms with van der Waals surface area (Å²) in [5.74, 6) is 1.10. The molecule has 2 unspecified atom stereocenters. The number of aryl methyl sites for hydroxylation is 1. The maximum absolute atomic E-state index is 15.0.